The van der Waals surface area contributed by atoms with E-state index in [-0.39, 0.29) is 5.38 Å². The Morgan fingerprint density at radius 1 is 1.50 bits per heavy atom. The van der Waals surface area contributed by atoms with Crippen LogP contribution in [0.25, 0.3) is 11.0 Å². The molecule has 20 heavy (non-hydrogen) atoms. The predicted molar refractivity (Wildman–Crippen MR) is 79.3 cm³/mol. The van der Waals surface area contributed by atoms with Crippen LogP contribution in [-0.2, 0) is 16.6 Å². The Morgan fingerprint density at radius 2 is 2.25 bits per heavy atom. The van der Waals surface area contributed by atoms with Crippen molar-refractivity contribution in [3.05, 3.63) is 24.3 Å². The van der Waals surface area contributed by atoms with E-state index in [1.54, 1.807) is 12.4 Å². The summed E-state index contributed by atoms with van der Waals surface area (Å²) in [6.45, 7) is 2.90. The van der Waals surface area contributed by atoms with Crippen molar-refractivity contribution in [3.63, 3.8) is 0 Å². The van der Waals surface area contributed by atoms with Crippen molar-refractivity contribution in [2.45, 2.75) is 25.3 Å². The molecular formula is C12H17ClN4O2S. The van der Waals surface area contributed by atoms with Crippen LogP contribution in [0.3, 0.4) is 0 Å². The minimum Gasteiger partial charge on any atom is -0.327 e. The molecule has 1 N–H and O–H groups in total. The van der Waals surface area contributed by atoms with Gasteiger partial charge >= 0.3 is 0 Å². The summed E-state index contributed by atoms with van der Waals surface area (Å²) in [7, 11) is -3.15. The number of nitrogens with zero attached hydrogens (tertiary/aromatic N) is 3. The van der Waals surface area contributed by atoms with Gasteiger partial charge < -0.3 is 4.57 Å². The third-order valence-corrected chi connectivity index (χ3v) is 3.78. The van der Waals surface area contributed by atoms with Gasteiger partial charge in [0.15, 0.2) is 0 Å². The summed E-state index contributed by atoms with van der Waals surface area (Å²) in [5.41, 5.74) is 1.76. The van der Waals surface area contributed by atoms with Crippen molar-refractivity contribution in [1.29, 1.82) is 0 Å². The number of aromatic nitrogens is 3. The van der Waals surface area contributed by atoms with Gasteiger partial charge in [0.05, 0.1) is 23.3 Å². The molecule has 2 rings (SSSR count). The average molecular weight is 317 g/mol. The number of hydrogen-bond acceptors (Lipinski definition) is 4. The molecule has 2 aromatic heterocycles. The number of hydrogen-bond donors (Lipinski definition) is 1. The lowest BCUT2D eigenvalue weighted by molar-refractivity contribution is 0.573. The number of alkyl halides is 1. The van der Waals surface area contributed by atoms with E-state index in [4.69, 9.17) is 11.6 Å². The highest BCUT2D eigenvalue weighted by Gasteiger charge is 2.14. The fourth-order valence-electron chi connectivity index (χ4n) is 2.03. The molecule has 0 amide bonds. The SMILES string of the molecule is CC(Cl)c1nc2cnccc2n1CCCNS(C)(=O)=O. The van der Waals surface area contributed by atoms with E-state index < -0.39 is 10.0 Å². The van der Waals surface area contributed by atoms with Gasteiger partial charge in [0, 0.05) is 19.3 Å². The number of fused-ring (bicyclic) bond motifs is 1. The normalized spacial score (nSPS) is 13.8. The minimum absolute atomic E-state index is 0.217. The van der Waals surface area contributed by atoms with Crippen LogP contribution in [0.2, 0.25) is 0 Å². The van der Waals surface area contributed by atoms with Crippen molar-refractivity contribution < 1.29 is 8.42 Å². The van der Waals surface area contributed by atoms with Gasteiger partial charge in [-0.2, -0.15) is 0 Å². The van der Waals surface area contributed by atoms with Gasteiger partial charge in [0.1, 0.15) is 11.3 Å². The van der Waals surface area contributed by atoms with Crippen molar-refractivity contribution in [3.8, 4) is 0 Å². The largest absolute Gasteiger partial charge is 0.327 e. The highest BCUT2D eigenvalue weighted by atomic mass is 35.5. The van der Waals surface area contributed by atoms with E-state index in [1.165, 1.54) is 0 Å². The second-order valence-electron chi connectivity index (χ2n) is 4.62. The second-order valence-corrected chi connectivity index (χ2v) is 7.11. The lowest BCUT2D eigenvalue weighted by Gasteiger charge is -2.10. The molecular weight excluding hydrogens is 300 g/mol. The van der Waals surface area contributed by atoms with Crippen molar-refractivity contribution in [2.75, 3.05) is 12.8 Å². The van der Waals surface area contributed by atoms with Crippen LogP contribution < -0.4 is 4.72 Å². The van der Waals surface area contributed by atoms with Gasteiger partial charge in [-0.3, -0.25) is 4.98 Å². The average Bonchev–Trinajstić information content (AvgIpc) is 2.72. The Kier molecular flexibility index (Phi) is 4.62. The monoisotopic (exact) mass is 316 g/mol. The highest BCUT2D eigenvalue weighted by Crippen LogP contribution is 2.24. The molecule has 0 saturated heterocycles. The molecule has 0 fully saturated rings. The lowest BCUT2D eigenvalue weighted by Crippen LogP contribution is -2.24. The summed E-state index contributed by atoms with van der Waals surface area (Å²) in [6.07, 6.45) is 5.22. The molecule has 0 aromatic carbocycles. The fraction of sp³-hybridized carbons (Fsp3) is 0.500. The molecule has 0 aliphatic carbocycles. The smallest absolute Gasteiger partial charge is 0.208 e. The third kappa shape index (κ3) is 3.68. The first-order valence-corrected chi connectivity index (χ1v) is 8.60. The van der Waals surface area contributed by atoms with Gasteiger partial charge in [0.25, 0.3) is 0 Å². The Hall–Kier alpha value is -1.18. The van der Waals surface area contributed by atoms with Crippen molar-refractivity contribution in [2.24, 2.45) is 0 Å². The number of imidazole rings is 1. The van der Waals surface area contributed by atoms with E-state index in [1.807, 2.05) is 17.6 Å². The molecule has 0 saturated carbocycles. The summed E-state index contributed by atoms with van der Waals surface area (Å²) in [6, 6.07) is 1.88. The third-order valence-electron chi connectivity index (χ3n) is 2.86. The summed E-state index contributed by atoms with van der Waals surface area (Å²) < 4.78 is 26.5. The summed E-state index contributed by atoms with van der Waals surface area (Å²) >= 11 is 6.15. The van der Waals surface area contributed by atoms with Gasteiger partial charge in [-0.05, 0) is 19.4 Å². The highest BCUT2D eigenvalue weighted by molar-refractivity contribution is 7.88. The molecule has 2 heterocycles. The van der Waals surface area contributed by atoms with Crippen LogP contribution in [-0.4, -0.2) is 35.8 Å². The maximum absolute atomic E-state index is 11.0. The maximum atomic E-state index is 11.0. The summed E-state index contributed by atoms with van der Waals surface area (Å²) in [5.74, 6) is 0.772. The van der Waals surface area contributed by atoms with Crippen LogP contribution in [0.4, 0.5) is 0 Å². The summed E-state index contributed by atoms with van der Waals surface area (Å²) in [5, 5.41) is -0.217. The Morgan fingerprint density at radius 3 is 2.90 bits per heavy atom. The Bertz CT molecular complexity index is 697. The predicted octanol–water partition coefficient (Wildman–Crippen LogP) is 1.67. The maximum Gasteiger partial charge on any atom is 0.208 e. The van der Waals surface area contributed by atoms with Crippen LogP contribution in [0.15, 0.2) is 18.5 Å². The number of pyridine rings is 1. The molecule has 0 aliphatic rings. The van der Waals surface area contributed by atoms with Gasteiger partial charge in [-0.15, -0.1) is 11.6 Å². The first-order valence-electron chi connectivity index (χ1n) is 6.27. The molecule has 0 radical (unpaired) electrons. The topological polar surface area (TPSA) is 76.9 Å². The second kappa shape index (κ2) is 6.07. The van der Waals surface area contributed by atoms with E-state index in [0.717, 1.165) is 23.1 Å². The molecule has 1 atom stereocenters. The Balaban J connectivity index is 2.17. The lowest BCUT2D eigenvalue weighted by atomic mass is 10.3. The van der Waals surface area contributed by atoms with E-state index in [0.29, 0.717) is 19.5 Å². The van der Waals surface area contributed by atoms with Crippen molar-refractivity contribution in [1.82, 2.24) is 19.3 Å². The van der Waals surface area contributed by atoms with Crippen LogP contribution in [0.5, 0.6) is 0 Å². The number of halogens is 1. The van der Waals surface area contributed by atoms with Crippen LogP contribution in [0.1, 0.15) is 24.5 Å². The first-order chi connectivity index (χ1) is 9.38. The number of rotatable bonds is 6. The zero-order valence-electron chi connectivity index (χ0n) is 11.4. The molecule has 6 nitrogen and oxygen atoms in total. The zero-order chi connectivity index (χ0) is 14.8. The quantitative estimate of drug-likeness (QED) is 0.649. The molecule has 0 bridgehead atoms. The van der Waals surface area contributed by atoms with Crippen molar-refractivity contribution >= 4 is 32.7 Å². The van der Waals surface area contributed by atoms with E-state index in [9.17, 15) is 8.42 Å². The van der Waals surface area contributed by atoms with Gasteiger partial charge in [-0.25, -0.2) is 18.1 Å². The standard InChI is InChI=1S/C12H17ClN4O2S/c1-9(13)12-16-10-8-14-6-4-11(10)17(12)7-3-5-15-20(2,18)19/h4,6,8-9,15H,3,5,7H2,1-2H3. The van der Waals surface area contributed by atoms with Crippen LogP contribution in [0, 0.1) is 0 Å². The zero-order valence-corrected chi connectivity index (χ0v) is 12.9. The fourth-order valence-corrected chi connectivity index (χ4v) is 2.72. The minimum atomic E-state index is -3.15. The molecule has 0 aliphatic heterocycles. The molecule has 2 aromatic rings. The number of aryl methyl sites for hydroxylation is 1. The first kappa shape index (κ1) is 15.2. The molecule has 8 heteroatoms. The Labute approximate surface area is 123 Å². The van der Waals surface area contributed by atoms with E-state index in [2.05, 4.69) is 14.7 Å². The summed E-state index contributed by atoms with van der Waals surface area (Å²) in [4.78, 5) is 8.51. The van der Waals surface area contributed by atoms with Gasteiger partial charge in [0.2, 0.25) is 10.0 Å². The molecule has 110 valence electrons. The number of nitrogens with one attached hydrogen (secondary N) is 1. The molecule has 0 spiro atoms. The van der Waals surface area contributed by atoms with Crippen LogP contribution >= 0.6 is 11.6 Å². The number of sulfonamides is 1. The van der Waals surface area contributed by atoms with E-state index >= 15 is 0 Å². The molecule has 1 unspecified atom stereocenters. The van der Waals surface area contributed by atoms with Gasteiger partial charge in [-0.1, -0.05) is 0 Å².